The maximum atomic E-state index is 12.3. The summed E-state index contributed by atoms with van der Waals surface area (Å²) in [5.41, 5.74) is -6.27. The molecule has 1 aromatic carbocycles. The lowest BCUT2D eigenvalue weighted by Crippen LogP contribution is -2.29. The van der Waals surface area contributed by atoms with E-state index in [9.17, 15) is 34.8 Å². The second-order valence-corrected chi connectivity index (χ2v) is 6.04. The lowest BCUT2D eigenvalue weighted by atomic mass is 10.1. The molecule has 0 N–H and O–H groups in total. The van der Waals surface area contributed by atoms with Gasteiger partial charge in [-0.15, -0.1) is 0 Å². The first-order valence-corrected chi connectivity index (χ1v) is 6.64. The third kappa shape index (κ3) is 2.62. The lowest BCUT2D eigenvalue weighted by Gasteiger charge is -2.10. The molecule has 0 saturated carbocycles. The molecule has 1 saturated heterocycles. The Bertz CT molecular complexity index is 604. The van der Waals surface area contributed by atoms with Gasteiger partial charge in [0.05, 0.1) is 11.6 Å². The Balaban J connectivity index is 2.18. The van der Waals surface area contributed by atoms with Gasteiger partial charge in [0.15, 0.2) is 0 Å². The molecule has 2 atom stereocenters. The minimum Gasteiger partial charge on any atom is -0.203 e. The predicted molar refractivity (Wildman–Crippen MR) is 55.9 cm³/mol. The molecule has 0 aromatic heterocycles. The summed E-state index contributed by atoms with van der Waals surface area (Å²) in [4.78, 5) is 0. The van der Waals surface area contributed by atoms with Crippen LogP contribution in [-0.2, 0) is 16.2 Å². The highest BCUT2D eigenvalue weighted by Gasteiger charge is 2.58. The Labute approximate surface area is 109 Å². The van der Waals surface area contributed by atoms with E-state index in [-0.39, 0.29) is 9.87 Å². The highest BCUT2D eigenvalue weighted by atomic mass is 32.2. The van der Waals surface area contributed by atoms with Gasteiger partial charge >= 0.3 is 21.7 Å². The number of alkyl halides is 6. The number of sulfonamides is 1. The molecule has 1 unspecified atom stereocenters. The summed E-state index contributed by atoms with van der Waals surface area (Å²) in [6.45, 7) is -0.396. The first-order chi connectivity index (χ1) is 8.94. The number of hydrogen-bond acceptors (Lipinski definition) is 2. The average molecular weight is 319 g/mol. The van der Waals surface area contributed by atoms with E-state index in [1.165, 1.54) is 0 Å². The van der Waals surface area contributed by atoms with E-state index in [1.54, 1.807) is 0 Å². The fourth-order valence-electron chi connectivity index (χ4n) is 1.69. The van der Waals surface area contributed by atoms with Gasteiger partial charge in [0.25, 0.3) is 0 Å². The van der Waals surface area contributed by atoms with Crippen molar-refractivity contribution in [3.63, 3.8) is 0 Å². The van der Waals surface area contributed by atoms with Crippen molar-refractivity contribution >= 4 is 10.0 Å². The first kappa shape index (κ1) is 15.1. The van der Waals surface area contributed by atoms with Gasteiger partial charge in [-0.1, -0.05) is 12.1 Å². The monoisotopic (exact) mass is 319 g/mol. The topological polar surface area (TPSA) is 37.1 Å². The molecule has 0 spiro atoms. The normalized spacial score (nSPS) is 23.7. The lowest BCUT2D eigenvalue weighted by molar-refractivity contribution is -0.137. The van der Waals surface area contributed by atoms with E-state index in [4.69, 9.17) is 0 Å². The number of rotatable bonds is 2. The standard InChI is InChI=1S/C10H7F6NO2S/c11-9(12,13)7-3-1-6(2-4-7)8-5-17(8)20(18,19)10(14,15)16/h1-4,8H,5H2/t8-,17?/m0/s1. The van der Waals surface area contributed by atoms with Gasteiger partial charge in [0.1, 0.15) is 0 Å². The van der Waals surface area contributed by atoms with Crippen molar-refractivity contribution in [2.24, 2.45) is 0 Å². The highest BCUT2D eigenvalue weighted by molar-refractivity contribution is 7.90. The van der Waals surface area contributed by atoms with Crippen LogP contribution in [-0.4, -0.2) is 24.8 Å². The Kier molecular flexibility index (Phi) is 3.29. The quantitative estimate of drug-likeness (QED) is 0.621. The highest BCUT2D eigenvalue weighted by Crippen LogP contribution is 2.43. The molecule has 0 amide bonds. The molecule has 10 heteroatoms. The number of hydrogen-bond donors (Lipinski definition) is 0. The van der Waals surface area contributed by atoms with Crippen LogP contribution in [0.4, 0.5) is 26.3 Å². The molecule has 1 heterocycles. The molecule has 0 radical (unpaired) electrons. The van der Waals surface area contributed by atoms with Crippen LogP contribution in [0.5, 0.6) is 0 Å². The second kappa shape index (κ2) is 4.35. The molecule has 112 valence electrons. The molecule has 0 aliphatic carbocycles. The van der Waals surface area contributed by atoms with Crippen molar-refractivity contribution in [2.75, 3.05) is 6.54 Å². The minimum atomic E-state index is -5.43. The number of nitrogens with zero attached hydrogens (tertiary/aromatic N) is 1. The first-order valence-electron chi connectivity index (χ1n) is 5.20. The van der Waals surface area contributed by atoms with E-state index in [0.717, 1.165) is 12.1 Å². The summed E-state index contributed by atoms with van der Waals surface area (Å²) in [5.74, 6) is 0. The maximum Gasteiger partial charge on any atom is 0.511 e. The molecule has 2 rings (SSSR count). The molecule has 0 bridgehead atoms. The Hall–Kier alpha value is -1.29. The van der Waals surface area contributed by atoms with Crippen molar-refractivity contribution in [1.29, 1.82) is 0 Å². The van der Waals surface area contributed by atoms with Crippen molar-refractivity contribution < 1.29 is 34.8 Å². The Morgan fingerprint density at radius 2 is 1.50 bits per heavy atom. The number of halogens is 6. The summed E-state index contributed by atoms with van der Waals surface area (Å²) in [7, 11) is -5.43. The van der Waals surface area contributed by atoms with Crippen LogP contribution < -0.4 is 0 Å². The van der Waals surface area contributed by atoms with E-state index in [2.05, 4.69) is 0 Å². The Morgan fingerprint density at radius 3 is 1.90 bits per heavy atom. The summed E-state index contributed by atoms with van der Waals surface area (Å²) >= 11 is 0. The van der Waals surface area contributed by atoms with Crippen LogP contribution in [0.2, 0.25) is 0 Å². The summed E-state index contributed by atoms with van der Waals surface area (Å²) in [6.07, 6.45) is -4.56. The molecule has 1 aliphatic rings. The average Bonchev–Trinajstić information content (AvgIpc) is 3.06. The van der Waals surface area contributed by atoms with Gasteiger partial charge < -0.3 is 0 Å². The minimum absolute atomic E-state index is 0.0887. The summed E-state index contributed by atoms with van der Waals surface area (Å²) < 4.78 is 96.0. The van der Waals surface area contributed by atoms with E-state index < -0.39 is 39.9 Å². The van der Waals surface area contributed by atoms with Crippen molar-refractivity contribution in [3.8, 4) is 0 Å². The van der Waals surface area contributed by atoms with Crippen LogP contribution >= 0.6 is 0 Å². The molecule has 1 aliphatic heterocycles. The summed E-state index contributed by atoms with van der Waals surface area (Å²) in [5, 5.41) is 0. The van der Waals surface area contributed by atoms with E-state index >= 15 is 0 Å². The van der Waals surface area contributed by atoms with E-state index in [1.807, 2.05) is 0 Å². The summed E-state index contributed by atoms with van der Waals surface area (Å²) in [6, 6.07) is 2.28. The largest absolute Gasteiger partial charge is 0.511 e. The third-order valence-electron chi connectivity index (χ3n) is 2.79. The van der Waals surface area contributed by atoms with Gasteiger partial charge in [-0.2, -0.15) is 30.6 Å². The maximum absolute atomic E-state index is 12.3. The molecule has 3 nitrogen and oxygen atoms in total. The predicted octanol–water partition coefficient (Wildman–Crippen LogP) is 2.91. The third-order valence-corrected chi connectivity index (χ3v) is 4.40. The zero-order valence-electron chi connectivity index (χ0n) is 9.53. The zero-order valence-corrected chi connectivity index (χ0v) is 10.4. The van der Waals surface area contributed by atoms with Gasteiger partial charge in [-0.25, -0.2) is 8.42 Å². The molecule has 1 aromatic rings. The van der Waals surface area contributed by atoms with Crippen molar-refractivity contribution in [2.45, 2.75) is 17.7 Å². The second-order valence-electron chi connectivity index (χ2n) is 4.16. The van der Waals surface area contributed by atoms with Crippen LogP contribution in [0.15, 0.2) is 24.3 Å². The van der Waals surface area contributed by atoms with E-state index in [0.29, 0.717) is 12.1 Å². The van der Waals surface area contributed by atoms with Crippen LogP contribution in [0.3, 0.4) is 0 Å². The van der Waals surface area contributed by atoms with Crippen LogP contribution in [0.1, 0.15) is 17.2 Å². The van der Waals surface area contributed by atoms with Crippen molar-refractivity contribution in [1.82, 2.24) is 4.31 Å². The smallest absolute Gasteiger partial charge is 0.203 e. The van der Waals surface area contributed by atoms with Crippen molar-refractivity contribution in [3.05, 3.63) is 35.4 Å². The Morgan fingerprint density at radius 1 is 1.00 bits per heavy atom. The van der Waals surface area contributed by atoms with Gasteiger partial charge in [-0.3, -0.25) is 0 Å². The molecule has 20 heavy (non-hydrogen) atoms. The fraction of sp³-hybridized carbons (Fsp3) is 0.400. The van der Waals surface area contributed by atoms with Gasteiger partial charge in [0, 0.05) is 6.54 Å². The molecular weight excluding hydrogens is 312 g/mol. The SMILES string of the molecule is O=S(=O)(N1C[C@H]1c1ccc(C(F)(F)F)cc1)C(F)(F)F. The zero-order chi connectivity index (χ0) is 15.3. The van der Waals surface area contributed by atoms with Gasteiger partial charge in [-0.05, 0) is 17.7 Å². The number of benzene rings is 1. The van der Waals surface area contributed by atoms with Crippen LogP contribution in [0, 0.1) is 0 Å². The fourth-order valence-corrected chi connectivity index (χ4v) is 2.75. The molecular formula is C10H7F6NO2S. The van der Waals surface area contributed by atoms with Crippen LogP contribution in [0.25, 0.3) is 0 Å². The molecule has 1 fully saturated rings. The van der Waals surface area contributed by atoms with Gasteiger partial charge in [0.2, 0.25) is 0 Å².